The van der Waals surface area contributed by atoms with Crippen LogP contribution < -0.4 is 0 Å². The van der Waals surface area contributed by atoms with E-state index in [0.29, 0.717) is 19.3 Å². The zero-order chi connectivity index (χ0) is 46.1. The summed E-state index contributed by atoms with van der Waals surface area (Å²) in [6.07, 6.45) is 52.4. The van der Waals surface area contributed by atoms with Crippen LogP contribution in [0.1, 0.15) is 317 Å². The molecule has 0 rings (SSSR count). The van der Waals surface area contributed by atoms with E-state index in [1.165, 1.54) is 205 Å². The summed E-state index contributed by atoms with van der Waals surface area (Å²) in [4.78, 5) is 38.0. The van der Waals surface area contributed by atoms with Crippen LogP contribution in [0.15, 0.2) is 0 Å². The lowest BCUT2D eigenvalue weighted by atomic mass is 10.0. The van der Waals surface area contributed by atoms with Crippen molar-refractivity contribution in [3.63, 3.8) is 0 Å². The Balaban J connectivity index is 4.21. The van der Waals surface area contributed by atoms with Gasteiger partial charge in [-0.25, -0.2) is 0 Å². The molecule has 0 saturated heterocycles. The molecule has 374 valence electrons. The van der Waals surface area contributed by atoms with Crippen molar-refractivity contribution in [1.29, 1.82) is 0 Å². The maximum atomic E-state index is 12.8. The van der Waals surface area contributed by atoms with Crippen LogP contribution in [0.3, 0.4) is 0 Å². The lowest BCUT2D eigenvalue weighted by Crippen LogP contribution is -2.30. The van der Waals surface area contributed by atoms with Crippen LogP contribution in [-0.2, 0) is 28.6 Å². The second-order valence-electron chi connectivity index (χ2n) is 20.5. The first kappa shape index (κ1) is 61.4. The van der Waals surface area contributed by atoms with Gasteiger partial charge in [0.15, 0.2) is 6.10 Å². The van der Waals surface area contributed by atoms with Crippen LogP contribution in [0.2, 0.25) is 0 Å². The highest BCUT2D eigenvalue weighted by molar-refractivity contribution is 5.71. The van der Waals surface area contributed by atoms with E-state index in [2.05, 4.69) is 34.6 Å². The molecular weight excluding hydrogens is 781 g/mol. The summed E-state index contributed by atoms with van der Waals surface area (Å²) < 4.78 is 16.8. The van der Waals surface area contributed by atoms with Gasteiger partial charge >= 0.3 is 17.9 Å². The van der Waals surface area contributed by atoms with E-state index in [4.69, 9.17) is 14.2 Å². The van der Waals surface area contributed by atoms with Crippen molar-refractivity contribution in [3.05, 3.63) is 0 Å². The number of rotatable bonds is 51. The number of carbonyl (C=O) groups is 3. The third-order valence-electron chi connectivity index (χ3n) is 13.0. The second-order valence-corrected chi connectivity index (χ2v) is 20.5. The smallest absolute Gasteiger partial charge is 0.306 e. The second kappa shape index (κ2) is 49.8. The minimum Gasteiger partial charge on any atom is -0.462 e. The first-order chi connectivity index (χ1) is 30.7. The molecular formula is C57H110O6. The molecule has 0 unspecified atom stereocenters. The van der Waals surface area contributed by atoms with Gasteiger partial charge in [-0.3, -0.25) is 14.4 Å². The molecule has 0 aromatic carbocycles. The number of ether oxygens (including phenoxy) is 3. The van der Waals surface area contributed by atoms with Crippen LogP contribution in [0.4, 0.5) is 0 Å². The van der Waals surface area contributed by atoms with E-state index in [0.717, 1.165) is 69.6 Å². The predicted molar refractivity (Wildman–Crippen MR) is 270 cm³/mol. The van der Waals surface area contributed by atoms with E-state index in [-0.39, 0.29) is 31.1 Å². The number of hydrogen-bond acceptors (Lipinski definition) is 6. The van der Waals surface area contributed by atoms with Crippen molar-refractivity contribution in [2.75, 3.05) is 13.2 Å². The third-order valence-corrected chi connectivity index (χ3v) is 13.0. The summed E-state index contributed by atoms with van der Waals surface area (Å²) >= 11 is 0. The standard InChI is InChI=1S/C57H110O6/c1-6-7-8-9-10-11-12-22-27-32-37-42-47-55(58)61-50-54(63-57(60)49-44-39-34-29-24-26-31-36-41-46-53(4)5)51-62-56(59)48-43-38-33-28-23-20-18-16-14-13-15-17-19-21-25-30-35-40-45-52(2)3/h52-54H,6-51H2,1-5H3/t54-/m0/s1. The fourth-order valence-electron chi connectivity index (χ4n) is 8.70. The molecule has 0 aliphatic carbocycles. The van der Waals surface area contributed by atoms with Crippen molar-refractivity contribution >= 4 is 17.9 Å². The molecule has 6 heteroatoms. The lowest BCUT2D eigenvalue weighted by molar-refractivity contribution is -0.167. The fraction of sp³-hybridized carbons (Fsp3) is 0.947. The van der Waals surface area contributed by atoms with Gasteiger partial charge in [0.2, 0.25) is 0 Å². The molecule has 0 radical (unpaired) electrons. The summed E-state index contributed by atoms with van der Waals surface area (Å²) in [5.74, 6) is 0.821. The highest BCUT2D eigenvalue weighted by Crippen LogP contribution is 2.18. The predicted octanol–water partition coefficient (Wildman–Crippen LogP) is 18.5. The Kier molecular flexibility index (Phi) is 48.6. The zero-order valence-electron chi connectivity index (χ0n) is 43.2. The molecule has 1 atom stereocenters. The van der Waals surface area contributed by atoms with Crippen molar-refractivity contribution < 1.29 is 28.6 Å². The number of hydrogen-bond donors (Lipinski definition) is 0. The molecule has 0 bridgehead atoms. The Bertz CT molecular complexity index is 962. The van der Waals surface area contributed by atoms with Crippen molar-refractivity contribution in [2.45, 2.75) is 323 Å². The molecule has 0 aliphatic rings. The van der Waals surface area contributed by atoms with Gasteiger partial charge in [-0.15, -0.1) is 0 Å². The third kappa shape index (κ3) is 51.3. The Morgan fingerprint density at radius 3 is 0.778 bits per heavy atom. The molecule has 6 nitrogen and oxygen atoms in total. The Hall–Kier alpha value is -1.59. The molecule has 0 aliphatic heterocycles. The van der Waals surface area contributed by atoms with E-state index < -0.39 is 6.10 Å². The first-order valence-electron chi connectivity index (χ1n) is 28.2. The maximum Gasteiger partial charge on any atom is 0.306 e. The minimum atomic E-state index is -0.762. The summed E-state index contributed by atoms with van der Waals surface area (Å²) in [5, 5.41) is 0. The van der Waals surface area contributed by atoms with Crippen LogP contribution in [0, 0.1) is 11.8 Å². The van der Waals surface area contributed by atoms with Crippen molar-refractivity contribution in [2.24, 2.45) is 11.8 Å². The first-order valence-corrected chi connectivity index (χ1v) is 28.2. The SMILES string of the molecule is CCCCCCCCCCCCCCC(=O)OC[C@@H](COC(=O)CCCCCCCCCCCCCCCCCCCCC(C)C)OC(=O)CCCCCCCCCCCC(C)C. The fourth-order valence-corrected chi connectivity index (χ4v) is 8.70. The molecule has 0 saturated carbocycles. The number of esters is 3. The quantitative estimate of drug-likeness (QED) is 0.0344. The van der Waals surface area contributed by atoms with Crippen LogP contribution in [0.5, 0.6) is 0 Å². The van der Waals surface area contributed by atoms with Gasteiger partial charge in [0.1, 0.15) is 13.2 Å². The van der Waals surface area contributed by atoms with Crippen LogP contribution in [0.25, 0.3) is 0 Å². The van der Waals surface area contributed by atoms with Crippen molar-refractivity contribution in [1.82, 2.24) is 0 Å². The van der Waals surface area contributed by atoms with E-state index >= 15 is 0 Å². The largest absolute Gasteiger partial charge is 0.462 e. The monoisotopic (exact) mass is 891 g/mol. The Labute approximate surface area is 393 Å². The summed E-state index contributed by atoms with van der Waals surface area (Å²) in [7, 11) is 0. The van der Waals surface area contributed by atoms with E-state index in [9.17, 15) is 14.4 Å². The average Bonchev–Trinajstić information content (AvgIpc) is 3.25. The molecule has 0 aromatic rings. The molecule has 0 heterocycles. The van der Waals surface area contributed by atoms with Gasteiger partial charge in [0.05, 0.1) is 0 Å². The highest BCUT2D eigenvalue weighted by atomic mass is 16.6. The van der Waals surface area contributed by atoms with Crippen LogP contribution >= 0.6 is 0 Å². The number of unbranched alkanes of at least 4 members (excludes halogenated alkanes) is 36. The Morgan fingerprint density at radius 2 is 0.524 bits per heavy atom. The molecule has 0 amide bonds. The lowest BCUT2D eigenvalue weighted by Gasteiger charge is -2.18. The zero-order valence-corrected chi connectivity index (χ0v) is 43.2. The minimum absolute atomic E-state index is 0.0632. The van der Waals surface area contributed by atoms with Gasteiger partial charge in [-0.2, -0.15) is 0 Å². The summed E-state index contributed by atoms with van der Waals surface area (Å²) in [6.45, 7) is 11.4. The Morgan fingerprint density at radius 1 is 0.302 bits per heavy atom. The maximum absolute atomic E-state index is 12.8. The normalized spacial score (nSPS) is 12.0. The van der Waals surface area contributed by atoms with Crippen molar-refractivity contribution in [3.8, 4) is 0 Å². The summed E-state index contributed by atoms with van der Waals surface area (Å²) in [6, 6.07) is 0. The van der Waals surface area contributed by atoms with Gasteiger partial charge in [0, 0.05) is 19.3 Å². The molecule has 0 N–H and O–H groups in total. The highest BCUT2D eigenvalue weighted by Gasteiger charge is 2.19. The average molecular weight is 892 g/mol. The van der Waals surface area contributed by atoms with Gasteiger partial charge < -0.3 is 14.2 Å². The van der Waals surface area contributed by atoms with Gasteiger partial charge in [-0.05, 0) is 31.1 Å². The van der Waals surface area contributed by atoms with Gasteiger partial charge in [-0.1, -0.05) is 279 Å². The van der Waals surface area contributed by atoms with Gasteiger partial charge in [0.25, 0.3) is 0 Å². The van der Waals surface area contributed by atoms with Crippen LogP contribution in [-0.4, -0.2) is 37.2 Å². The molecule has 0 spiro atoms. The topological polar surface area (TPSA) is 78.9 Å². The van der Waals surface area contributed by atoms with E-state index in [1.807, 2.05) is 0 Å². The molecule has 63 heavy (non-hydrogen) atoms. The number of carbonyl (C=O) groups excluding carboxylic acids is 3. The molecule has 0 fully saturated rings. The molecule has 0 aromatic heterocycles. The summed E-state index contributed by atoms with van der Waals surface area (Å²) in [5.41, 5.74) is 0. The van der Waals surface area contributed by atoms with E-state index in [1.54, 1.807) is 0 Å².